The van der Waals surface area contributed by atoms with E-state index in [4.69, 9.17) is 24.0 Å². The minimum atomic E-state index is -0.337. The molecule has 2 aliphatic rings. The topological polar surface area (TPSA) is 69.8 Å². The van der Waals surface area contributed by atoms with Crippen LogP contribution in [0.15, 0.2) is 36.4 Å². The van der Waals surface area contributed by atoms with E-state index in [2.05, 4.69) is 0 Å². The Kier molecular flexibility index (Phi) is 4.44. The van der Waals surface area contributed by atoms with Gasteiger partial charge in [0.05, 0.1) is 18.8 Å². The largest absolute Gasteiger partial charge is 0.459 e. The molecular formula is C18H18O6. The van der Waals surface area contributed by atoms with Crippen molar-refractivity contribution < 1.29 is 28.8 Å². The fraction of sp³-hybridized carbons (Fsp3) is 0.389. The molecule has 0 aromatic heterocycles. The van der Waals surface area contributed by atoms with Crippen molar-refractivity contribution in [2.75, 3.05) is 26.4 Å². The summed E-state index contributed by atoms with van der Waals surface area (Å²) in [5.41, 5.74) is 1.49. The van der Waals surface area contributed by atoms with Crippen molar-refractivity contribution in [2.45, 2.75) is 18.8 Å². The van der Waals surface area contributed by atoms with Crippen molar-refractivity contribution in [3.8, 4) is 0 Å². The van der Waals surface area contributed by atoms with Gasteiger partial charge >= 0.3 is 5.97 Å². The van der Waals surface area contributed by atoms with E-state index in [1.807, 2.05) is 30.3 Å². The van der Waals surface area contributed by atoms with Gasteiger partial charge < -0.3 is 14.2 Å². The molecule has 24 heavy (non-hydrogen) atoms. The monoisotopic (exact) mass is 330 g/mol. The quantitative estimate of drug-likeness (QED) is 0.243. The molecule has 2 aromatic carbocycles. The highest BCUT2D eigenvalue weighted by atomic mass is 17.2. The number of epoxide rings is 2. The van der Waals surface area contributed by atoms with Crippen molar-refractivity contribution >= 4 is 16.7 Å². The second kappa shape index (κ2) is 6.86. The third-order valence-electron chi connectivity index (χ3n) is 3.99. The van der Waals surface area contributed by atoms with Crippen LogP contribution < -0.4 is 0 Å². The van der Waals surface area contributed by atoms with E-state index >= 15 is 0 Å². The zero-order valence-corrected chi connectivity index (χ0v) is 13.1. The van der Waals surface area contributed by atoms with Crippen molar-refractivity contribution in [1.82, 2.24) is 0 Å². The smallest absolute Gasteiger partial charge is 0.338 e. The van der Waals surface area contributed by atoms with E-state index in [1.165, 1.54) is 0 Å². The Morgan fingerprint density at radius 1 is 0.958 bits per heavy atom. The normalized spacial score (nSPS) is 21.7. The minimum absolute atomic E-state index is 0.0560. The molecule has 2 aliphatic heterocycles. The van der Waals surface area contributed by atoms with Gasteiger partial charge in [0, 0.05) is 0 Å². The molecule has 2 aromatic rings. The summed E-state index contributed by atoms with van der Waals surface area (Å²) in [6, 6.07) is 11.3. The predicted molar refractivity (Wildman–Crippen MR) is 84.5 cm³/mol. The molecule has 0 saturated carbocycles. The average molecular weight is 330 g/mol. The predicted octanol–water partition coefficient (Wildman–Crippen LogP) is 2.24. The zero-order chi connectivity index (χ0) is 16.4. The van der Waals surface area contributed by atoms with Crippen molar-refractivity contribution in [3.63, 3.8) is 0 Å². The van der Waals surface area contributed by atoms with Gasteiger partial charge in [0.2, 0.25) is 0 Å². The lowest BCUT2D eigenvalue weighted by Gasteiger charge is -2.10. The number of carbonyl (C=O) groups excluding carboxylic acids is 1. The number of rotatable bonds is 8. The molecule has 0 spiro atoms. The van der Waals surface area contributed by atoms with Gasteiger partial charge in [-0.3, -0.25) is 0 Å². The van der Waals surface area contributed by atoms with E-state index in [-0.39, 0.29) is 18.2 Å². The van der Waals surface area contributed by atoms with Crippen LogP contribution in [0.5, 0.6) is 0 Å². The number of fused-ring (bicyclic) bond motifs is 1. The Morgan fingerprint density at radius 2 is 1.67 bits per heavy atom. The van der Waals surface area contributed by atoms with Crippen LogP contribution >= 0.6 is 0 Å². The lowest BCUT2D eigenvalue weighted by Crippen LogP contribution is -2.10. The first kappa shape index (κ1) is 15.5. The number of hydrogen-bond donors (Lipinski definition) is 0. The molecule has 2 unspecified atom stereocenters. The first-order valence-electron chi connectivity index (χ1n) is 7.96. The van der Waals surface area contributed by atoms with Crippen LogP contribution in [0.4, 0.5) is 0 Å². The zero-order valence-electron chi connectivity index (χ0n) is 13.1. The summed E-state index contributed by atoms with van der Waals surface area (Å²) in [6.45, 7) is 2.43. The molecule has 0 radical (unpaired) electrons. The lowest BCUT2D eigenvalue weighted by atomic mass is 10.0. The SMILES string of the molecule is O=C(OCC1CO1)c1cccc2c(COOCC3CO3)cccc12. The van der Waals surface area contributed by atoms with Gasteiger partial charge in [-0.05, 0) is 22.4 Å². The van der Waals surface area contributed by atoms with E-state index in [0.29, 0.717) is 32.0 Å². The molecule has 0 amide bonds. The number of hydrogen-bond acceptors (Lipinski definition) is 6. The summed E-state index contributed by atoms with van der Waals surface area (Å²) in [4.78, 5) is 22.7. The van der Waals surface area contributed by atoms with Gasteiger partial charge in [-0.1, -0.05) is 30.3 Å². The third-order valence-corrected chi connectivity index (χ3v) is 3.99. The average Bonchev–Trinajstić information content (AvgIpc) is 3.51. The molecular weight excluding hydrogens is 312 g/mol. The fourth-order valence-electron chi connectivity index (χ4n) is 2.48. The molecule has 0 aliphatic carbocycles. The summed E-state index contributed by atoms with van der Waals surface area (Å²) >= 11 is 0. The molecule has 0 bridgehead atoms. The number of carbonyl (C=O) groups is 1. The molecule has 0 N–H and O–H groups in total. The molecule has 4 rings (SSSR count). The lowest BCUT2D eigenvalue weighted by molar-refractivity contribution is -0.305. The van der Waals surface area contributed by atoms with Gasteiger partial charge in [0.25, 0.3) is 0 Å². The Labute approximate surface area is 139 Å². The second-order valence-corrected chi connectivity index (χ2v) is 5.87. The van der Waals surface area contributed by atoms with Crippen LogP contribution in [-0.4, -0.2) is 44.6 Å². The van der Waals surface area contributed by atoms with Gasteiger partial charge in [-0.2, -0.15) is 0 Å². The first-order chi connectivity index (χ1) is 11.8. The van der Waals surface area contributed by atoms with Crippen LogP contribution in [0, 0.1) is 0 Å². The van der Waals surface area contributed by atoms with E-state index in [1.54, 1.807) is 6.07 Å². The highest BCUT2D eigenvalue weighted by Crippen LogP contribution is 2.24. The summed E-state index contributed by atoms with van der Waals surface area (Å²) in [6.07, 6.45) is 0.217. The van der Waals surface area contributed by atoms with Crippen LogP contribution in [0.1, 0.15) is 15.9 Å². The maximum absolute atomic E-state index is 12.3. The third kappa shape index (κ3) is 3.73. The molecule has 6 nitrogen and oxygen atoms in total. The molecule has 2 heterocycles. The van der Waals surface area contributed by atoms with Crippen LogP contribution in [-0.2, 0) is 30.6 Å². The van der Waals surface area contributed by atoms with E-state index in [0.717, 1.165) is 22.9 Å². The number of ether oxygens (including phenoxy) is 3. The Morgan fingerprint density at radius 3 is 2.46 bits per heavy atom. The van der Waals surface area contributed by atoms with Gasteiger partial charge in [0.1, 0.15) is 32.0 Å². The van der Waals surface area contributed by atoms with Gasteiger partial charge in [0.15, 0.2) is 0 Å². The molecule has 126 valence electrons. The Bertz CT molecular complexity index is 735. The summed E-state index contributed by atoms with van der Waals surface area (Å²) in [5, 5.41) is 1.78. The minimum Gasteiger partial charge on any atom is -0.459 e. The molecule has 2 atom stereocenters. The van der Waals surface area contributed by atoms with Crippen molar-refractivity contribution in [3.05, 3.63) is 47.5 Å². The highest BCUT2D eigenvalue weighted by molar-refractivity contribution is 6.05. The second-order valence-electron chi connectivity index (χ2n) is 5.87. The Balaban J connectivity index is 1.48. The fourth-order valence-corrected chi connectivity index (χ4v) is 2.48. The van der Waals surface area contributed by atoms with E-state index < -0.39 is 0 Å². The Hall–Kier alpha value is -1.99. The standard InChI is InChI=1S/C18H18O6/c19-18(22-10-13-8-20-13)17-6-2-4-15-12(3-1-5-16(15)17)7-23-24-11-14-9-21-14/h1-6,13-14H,7-11H2. The summed E-state index contributed by atoms with van der Waals surface area (Å²) in [7, 11) is 0. The van der Waals surface area contributed by atoms with E-state index in [9.17, 15) is 4.79 Å². The van der Waals surface area contributed by atoms with Crippen LogP contribution in [0.2, 0.25) is 0 Å². The van der Waals surface area contributed by atoms with Crippen LogP contribution in [0.3, 0.4) is 0 Å². The number of esters is 1. The number of benzene rings is 2. The van der Waals surface area contributed by atoms with Crippen molar-refractivity contribution in [2.24, 2.45) is 0 Å². The highest BCUT2D eigenvalue weighted by Gasteiger charge is 2.25. The molecule has 2 saturated heterocycles. The maximum Gasteiger partial charge on any atom is 0.338 e. The van der Waals surface area contributed by atoms with Crippen molar-refractivity contribution in [1.29, 1.82) is 0 Å². The summed E-state index contributed by atoms with van der Waals surface area (Å²) in [5.74, 6) is -0.337. The molecule has 6 heteroatoms. The van der Waals surface area contributed by atoms with Gasteiger partial charge in [-0.15, -0.1) is 0 Å². The first-order valence-corrected chi connectivity index (χ1v) is 7.96. The summed E-state index contributed by atoms with van der Waals surface area (Å²) < 4.78 is 15.4. The van der Waals surface area contributed by atoms with Gasteiger partial charge in [-0.25, -0.2) is 14.6 Å². The molecule has 2 fully saturated rings. The maximum atomic E-state index is 12.3. The van der Waals surface area contributed by atoms with Crippen LogP contribution in [0.25, 0.3) is 10.8 Å².